The van der Waals surface area contributed by atoms with Crippen molar-refractivity contribution in [1.82, 2.24) is 30.4 Å². The number of amides is 2. The molecule has 1 atom stereocenters. The van der Waals surface area contributed by atoms with E-state index in [1.165, 1.54) is 30.5 Å². The van der Waals surface area contributed by atoms with Crippen molar-refractivity contribution >= 4 is 11.7 Å². The molecule has 0 spiro atoms. The molecule has 186 valence electrons. The topological polar surface area (TPSA) is 97.2 Å². The highest BCUT2D eigenvalue weighted by Crippen LogP contribution is 2.29. The summed E-state index contributed by atoms with van der Waals surface area (Å²) in [5, 5.41) is 17.3. The van der Waals surface area contributed by atoms with Crippen molar-refractivity contribution in [3.8, 4) is 17.1 Å². The van der Waals surface area contributed by atoms with E-state index in [1.807, 2.05) is 18.2 Å². The largest absolute Gasteiger partial charge is 0.495 e. The van der Waals surface area contributed by atoms with Gasteiger partial charge in [-0.05, 0) is 91.0 Å². The van der Waals surface area contributed by atoms with Crippen molar-refractivity contribution in [3.05, 3.63) is 53.8 Å². The van der Waals surface area contributed by atoms with Crippen molar-refractivity contribution in [2.45, 2.75) is 25.7 Å². The Morgan fingerprint density at radius 3 is 2.80 bits per heavy atom. The van der Waals surface area contributed by atoms with Crippen LogP contribution in [-0.2, 0) is 13.5 Å². The summed E-state index contributed by atoms with van der Waals surface area (Å²) in [5.74, 6) is 1.53. The Morgan fingerprint density at radius 1 is 1.23 bits per heavy atom. The molecule has 9 nitrogen and oxygen atoms in total. The van der Waals surface area contributed by atoms with Crippen molar-refractivity contribution in [2.75, 3.05) is 38.6 Å². The van der Waals surface area contributed by atoms with E-state index in [-0.39, 0.29) is 11.8 Å². The molecule has 2 aromatic carbocycles. The number of nitrogens with zero attached hydrogens (tertiary/aromatic N) is 5. The molecule has 1 aliphatic rings. The molecule has 1 aliphatic heterocycles. The van der Waals surface area contributed by atoms with E-state index >= 15 is 0 Å². The summed E-state index contributed by atoms with van der Waals surface area (Å²) in [4.78, 5) is 14.9. The van der Waals surface area contributed by atoms with E-state index in [2.05, 4.69) is 31.1 Å². The van der Waals surface area contributed by atoms with E-state index in [4.69, 9.17) is 4.74 Å². The molecule has 2 N–H and O–H groups in total. The standard InChI is InChI=1S/C25H32FN7O2/c1-32-24(29-30-31-32)20-8-11-22(23(16-20)35-2)28-25(34)27-12-4-14-33-13-3-5-19(17-33)15-18-6-9-21(26)10-7-18/h6-11,16,19H,3-5,12-15,17H2,1-2H3,(H2,27,28,34). The summed E-state index contributed by atoms with van der Waals surface area (Å²) in [5.41, 5.74) is 2.55. The lowest BCUT2D eigenvalue weighted by molar-refractivity contribution is 0.172. The van der Waals surface area contributed by atoms with E-state index in [0.29, 0.717) is 29.7 Å². The van der Waals surface area contributed by atoms with Crippen LogP contribution in [0, 0.1) is 11.7 Å². The minimum absolute atomic E-state index is 0.189. The Bertz CT molecular complexity index is 1120. The van der Waals surface area contributed by atoms with Gasteiger partial charge >= 0.3 is 6.03 Å². The van der Waals surface area contributed by atoms with Gasteiger partial charge in [-0.25, -0.2) is 13.9 Å². The number of anilines is 1. The van der Waals surface area contributed by atoms with Crippen LogP contribution in [0.3, 0.4) is 0 Å². The second-order valence-electron chi connectivity index (χ2n) is 8.92. The minimum atomic E-state index is -0.274. The molecule has 35 heavy (non-hydrogen) atoms. The molecule has 1 aromatic heterocycles. The maximum Gasteiger partial charge on any atom is 0.319 e. The van der Waals surface area contributed by atoms with E-state index in [1.54, 1.807) is 31.0 Å². The number of methoxy groups -OCH3 is 1. The van der Waals surface area contributed by atoms with Crippen molar-refractivity contribution in [3.63, 3.8) is 0 Å². The molecule has 3 aromatic rings. The van der Waals surface area contributed by atoms with E-state index in [9.17, 15) is 9.18 Å². The molecular weight excluding hydrogens is 449 g/mol. The molecule has 1 unspecified atom stereocenters. The number of rotatable bonds is 9. The third-order valence-electron chi connectivity index (χ3n) is 6.31. The first kappa shape index (κ1) is 24.6. The number of carbonyl (C=O) groups excluding carboxylic acids is 1. The molecular formula is C25H32FN7O2. The van der Waals surface area contributed by atoms with Crippen molar-refractivity contribution in [2.24, 2.45) is 13.0 Å². The monoisotopic (exact) mass is 481 g/mol. The van der Waals surface area contributed by atoms with Crippen LogP contribution in [0.5, 0.6) is 5.75 Å². The number of ether oxygens (including phenoxy) is 1. The molecule has 10 heteroatoms. The van der Waals surface area contributed by atoms with Gasteiger partial charge in [-0.2, -0.15) is 0 Å². The summed E-state index contributed by atoms with van der Waals surface area (Å²) < 4.78 is 20.2. The Kier molecular flexibility index (Phi) is 8.25. The molecule has 0 saturated carbocycles. The molecule has 0 radical (unpaired) electrons. The number of halogens is 1. The van der Waals surface area contributed by atoms with Crippen LogP contribution in [0.15, 0.2) is 42.5 Å². The highest BCUT2D eigenvalue weighted by molar-refractivity contribution is 5.91. The Balaban J connectivity index is 1.20. The third kappa shape index (κ3) is 6.75. The van der Waals surface area contributed by atoms with Gasteiger partial charge in [-0.15, -0.1) is 5.10 Å². The molecule has 0 aliphatic carbocycles. The lowest BCUT2D eigenvalue weighted by Gasteiger charge is -2.32. The number of nitrogens with one attached hydrogen (secondary N) is 2. The summed E-state index contributed by atoms with van der Waals surface area (Å²) in [6.07, 6.45) is 4.21. The van der Waals surface area contributed by atoms with Gasteiger partial charge in [0.2, 0.25) is 0 Å². The van der Waals surface area contributed by atoms with E-state index in [0.717, 1.165) is 38.0 Å². The molecule has 2 heterocycles. The van der Waals surface area contributed by atoms with Crippen molar-refractivity contribution < 1.29 is 13.9 Å². The highest BCUT2D eigenvalue weighted by Gasteiger charge is 2.20. The van der Waals surface area contributed by atoms with Crippen LogP contribution in [0.25, 0.3) is 11.4 Å². The Labute approximate surface area is 204 Å². The predicted octanol–water partition coefficient (Wildman–Crippen LogP) is 3.49. The number of aryl methyl sites for hydroxylation is 1. The zero-order valence-corrected chi connectivity index (χ0v) is 20.2. The van der Waals surface area contributed by atoms with Crippen LogP contribution < -0.4 is 15.4 Å². The Morgan fingerprint density at radius 2 is 2.06 bits per heavy atom. The fraction of sp³-hybridized carbons (Fsp3) is 0.440. The van der Waals surface area contributed by atoms with Crippen molar-refractivity contribution in [1.29, 1.82) is 0 Å². The average molecular weight is 482 g/mol. The summed E-state index contributed by atoms with van der Waals surface area (Å²) >= 11 is 0. The van der Waals surface area contributed by atoms with Gasteiger partial charge in [-0.3, -0.25) is 0 Å². The summed E-state index contributed by atoms with van der Waals surface area (Å²) in [7, 11) is 3.32. The van der Waals surface area contributed by atoms with Crippen LogP contribution >= 0.6 is 0 Å². The number of carbonyl (C=O) groups is 1. The van der Waals surface area contributed by atoms with Crippen LogP contribution in [0.2, 0.25) is 0 Å². The number of likely N-dealkylation sites (tertiary alicyclic amines) is 1. The fourth-order valence-electron chi connectivity index (χ4n) is 4.55. The smallest absolute Gasteiger partial charge is 0.319 e. The number of tetrazole rings is 1. The minimum Gasteiger partial charge on any atom is -0.495 e. The van der Waals surface area contributed by atoms with Gasteiger partial charge in [0.05, 0.1) is 12.8 Å². The second kappa shape index (κ2) is 11.7. The molecule has 1 fully saturated rings. The normalized spacial score (nSPS) is 16.1. The number of piperidine rings is 1. The SMILES string of the molecule is COc1cc(-c2nnnn2C)ccc1NC(=O)NCCCN1CCCC(Cc2ccc(F)cc2)C1. The third-order valence-corrected chi connectivity index (χ3v) is 6.31. The molecule has 1 saturated heterocycles. The van der Waals surface area contributed by atoms with Crippen LogP contribution in [0.4, 0.5) is 14.9 Å². The number of aromatic nitrogens is 4. The number of hydrogen-bond acceptors (Lipinski definition) is 6. The summed E-state index contributed by atoms with van der Waals surface area (Å²) in [6, 6.07) is 12.0. The lowest BCUT2D eigenvalue weighted by Crippen LogP contribution is -2.38. The maximum absolute atomic E-state index is 13.1. The van der Waals surface area contributed by atoms with Crippen LogP contribution in [0.1, 0.15) is 24.8 Å². The van der Waals surface area contributed by atoms with Gasteiger partial charge in [0, 0.05) is 25.7 Å². The average Bonchev–Trinajstić information content (AvgIpc) is 3.29. The number of benzene rings is 2. The highest BCUT2D eigenvalue weighted by atomic mass is 19.1. The second-order valence-corrected chi connectivity index (χ2v) is 8.92. The van der Waals surface area contributed by atoms with Gasteiger partial charge in [0.1, 0.15) is 11.6 Å². The number of urea groups is 1. The van der Waals surface area contributed by atoms with E-state index < -0.39 is 0 Å². The first-order chi connectivity index (χ1) is 17.0. The Hall–Kier alpha value is -3.53. The fourth-order valence-corrected chi connectivity index (χ4v) is 4.55. The quantitative estimate of drug-likeness (QED) is 0.454. The number of hydrogen-bond donors (Lipinski definition) is 2. The van der Waals surface area contributed by atoms with Crippen LogP contribution in [-0.4, -0.2) is 64.4 Å². The molecule has 0 bridgehead atoms. The first-order valence-corrected chi connectivity index (χ1v) is 11.9. The molecule has 4 rings (SSSR count). The zero-order chi connectivity index (χ0) is 24.6. The summed E-state index contributed by atoms with van der Waals surface area (Å²) in [6.45, 7) is 3.63. The van der Waals surface area contributed by atoms with Gasteiger partial charge in [0.15, 0.2) is 5.82 Å². The van der Waals surface area contributed by atoms with Gasteiger partial charge in [0.25, 0.3) is 0 Å². The first-order valence-electron chi connectivity index (χ1n) is 11.9. The van der Waals surface area contributed by atoms with Gasteiger partial charge < -0.3 is 20.3 Å². The van der Waals surface area contributed by atoms with Gasteiger partial charge in [-0.1, -0.05) is 12.1 Å². The maximum atomic E-state index is 13.1. The lowest BCUT2D eigenvalue weighted by atomic mass is 9.91. The molecule has 2 amide bonds. The predicted molar refractivity (Wildman–Crippen MR) is 132 cm³/mol. The zero-order valence-electron chi connectivity index (χ0n) is 20.2.